The summed E-state index contributed by atoms with van der Waals surface area (Å²) in [6.07, 6.45) is 3.37. The maximum Gasteiger partial charge on any atom is 0.356 e. The summed E-state index contributed by atoms with van der Waals surface area (Å²) in [6, 6.07) is 3.47. The lowest BCUT2D eigenvalue weighted by Gasteiger charge is -2.01. The van der Waals surface area contributed by atoms with Crippen LogP contribution in [0.25, 0.3) is 10.6 Å². The highest BCUT2D eigenvalue weighted by atomic mass is 32.1. The standard InChI is InChI=1S/C11H10N2O2S/c1-2-15-11(14)9-4-3-8(7-13-9)10-12-5-6-16-10/h3-7H,2H2,1H3. The number of hydrogen-bond donors (Lipinski definition) is 0. The molecule has 0 saturated carbocycles. The van der Waals surface area contributed by atoms with E-state index in [9.17, 15) is 4.79 Å². The molecule has 0 bridgehead atoms. The van der Waals surface area contributed by atoms with Crippen LogP contribution in [0.1, 0.15) is 17.4 Å². The van der Waals surface area contributed by atoms with Crippen LogP contribution in [0.4, 0.5) is 0 Å². The molecular weight excluding hydrogens is 224 g/mol. The van der Waals surface area contributed by atoms with E-state index >= 15 is 0 Å². The first-order valence-corrected chi connectivity index (χ1v) is 5.72. The lowest BCUT2D eigenvalue weighted by molar-refractivity contribution is 0.0519. The van der Waals surface area contributed by atoms with Crippen LogP contribution in [0.5, 0.6) is 0 Å². The van der Waals surface area contributed by atoms with Gasteiger partial charge < -0.3 is 4.74 Å². The average Bonchev–Trinajstić information content (AvgIpc) is 2.83. The normalized spacial score (nSPS) is 10.1. The zero-order valence-corrected chi connectivity index (χ0v) is 9.53. The molecule has 0 amide bonds. The van der Waals surface area contributed by atoms with Crippen molar-refractivity contribution < 1.29 is 9.53 Å². The molecule has 0 fully saturated rings. The third-order valence-electron chi connectivity index (χ3n) is 1.93. The molecule has 0 atom stereocenters. The summed E-state index contributed by atoms with van der Waals surface area (Å²) in [6.45, 7) is 2.12. The summed E-state index contributed by atoms with van der Waals surface area (Å²) in [5, 5.41) is 2.79. The van der Waals surface area contributed by atoms with Crippen molar-refractivity contribution in [3.05, 3.63) is 35.6 Å². The van der Waals surface area contributed by atoms with Crippen molar-refractivity contribution in [2.24, 2.45) is 0 Å². The van der Waals surface area contributed by atoms with E-state index in [4.69, 9.17) is 4.74 Å². The zero-order chi connectivity index (χ0) is 11.4. The average molecular weight is 234 g/mol. The first kappa shape index (κ1) is 10.8. The SMILES string of the molecule is CCOC(=O)c1ccc(-c2nccs2)cn1. The monoisotopic (exact) mass is 234 g/mol. The number of aromatic nitrogens is 2. The van der Waals surface area contributed by atoms with E-state index in [1.54, 1.807) is 25.4 Å². The molecule has 0 radical (unpaired) electrons. The summed E-state index contributed by atoms with van der Waals surface area (Å²) >= 11 is 1.53. The highest BCUT2D eigenvalue weighted by Crippen LogP contribution is 2.20. The molecule has 0 aromatic carbocycles. The van der Waals surface area contributed by atoms with Crippen molar-refractivity contribution in [3.8, 4) is 10.6 Å². The molecule has 5 heteroatoms. The van der Waals surface area contributed by atoms with Gasteiger partial charge in [-0.2, -0.15) is 0 Å². The van der Waals surface area contributed by atoms with Gasteiger partial charge in [-0.15, -0.1) is 11.3 Å². The third-order valence-corrected chi connectivity index (χ3v) is 2.75. The maximum absolute atomic E-state index is 11.3. The molecule has 2 rings (SSSR count). The predicted molar refractivity (Wildman–Crippen MR) is 61.3 cm³/mol. The Hall–Kier alpha value is -1.75. The molecule has 0 N–H and O–H groups in total. The molecule has 2 aromatic rings. The van der Waals surface area contributed by atoms with Crippen LogP contribution in [-0.2, 0) is 4.74 Å². The van der Waals surface area contributed by atoms with Crippen LogP contribution in [0, 0.1) is 0 Å². The van der Waals surface area contributed by atoms with Gasteiger partial charge in [-0.25, -0.2) is 14.8 Å². The second-order valence-corrected chi connectivity index (χ2v) is 3.88. The minimum atomic E-state index is -0.395. The molecule has 0 spiro atoms. The summed E-state index contributed by atoms with van der Waals surface area (Å²) in [5.74, 6) is -0.395. The summed E-state index contributed by atoms with van der Waals surface area (Å²) in [4.78, 5) is 19.5. The number of thiazole rings is 1. The Bertz CT molecular complexity index is 465. The fourth-order valence-electron chi connectivity index (χ4n) is 1.21. The number of pyridine rings is 1. The molecule has 0 saturated heterocycles. The number of ether oxygens (including phenoxy) is 1. The van der Waals surface area contributed by atoms with Crippen molar-refractivity contribution in [3.63, 3.8) is 0 Å². The van der Waals surface area contributed by atoms with Crippen molar-refractivity contribution in [2.75, 3.05) is 6.61 Å². The van der Waals surface area contributed by atoms with Gasteiger partial charge in [0.15, 0.2) is 0 Å². The van der Waals surface area contributed by atoms with Crippen LogP contribution < -0.4 is 0 Å². The zero-order valence-electron chi connectivity index (χ0n) is 8.71. The number of nitrogens with zero attached hydrogens (tertiary/aromatic N) is 2. The summed E-state index contributed by atoms with van der Waals surface area (Å²) in [7, 11) is 0. The Kier molecular flexibility index (Phi) is 3.26. The molecule has 82 valence electrons. The van der Waals surface area contributed by atoms with E-state index in [0.717, 1.165) is 10.6 Å². The van der Waals surface area contributed by atoms with Crippen molar-refractivity contribution in [1.82, 2.24) is 9.97 Å². The second kappa shape index (κ2) is 4.85. The largest absolute Gasteiger partial charge is 0.461 e. The van der Waals surface area contributed by atoms with Gasteiger partial charge in [-0.1, -0.05) is 0 Å². The van der Waals surface area contributed by atoms with E-state index in [1.165, 1.54) is 11.3 Å². The number of hydrogen-bond acceptors (Lipinski definition) is 5. The number of rotatable bonds is 3. The van der Waals surface area contributed by atoms with E-state index < -0.39 is 5.97 Å². The number of carbonyl (C=O) groups is 1. The topological polar surface area (TPSA) is 52.1 Å². The second-order valence-electron chi connectivity index (χ2n) is 2.99. The fraction of sp³-hybridized carbons (Fsp3) is 0.182. The Morgan fingerprint density at radius 1 is 1.44 bits per heavy atom. The van der Waals surface area contributed by atoms with Gasteiger partial charge in [-0.3, -0.25) is 0 Å². The van der Waals surface area contributed by atoms with E-state index in [-0.39, 0.29) is 0 Å². The fourth-order valence-corrected chi connectivity index (χ4v) is 1.84. The molecule has 0 aliphatic heterocycles. The van der Waals surface area contributed by atoms with Gasteiger partial charge >= 0.3 is 5.97 Å². The Morgan fingerprint density at radius 2 is 2.31 bits per heavy atom. The van der Waals surface area contributed by atoms with Crippen molar-refractivity contribution in [2.45, 2.75) is 6.92 Å². The molecule has 0 aliphatic rings. The van der Waals surface area contributed by atoms with E-state index in [1.807, 2.05) is 11.4 Å². The van der Waals surface area contributed by atoms with E-state index in [2.05, 4.69) is 9.97 Å². The predicted octanol–water partition coefficient (Wildman–Crippen LogP) is 2.38. The molecule has 16 heavy (non-hydrogen) atoms. The smallest absolute Gasteiger partial charge is 0.356 e. The first-order chi connectivity index (χ1) is 7.81. The van der Waals surface area contributed by atoms with Crippen LogP contribution in [0.3, 0.4) is 0 Å². The van der Waals surface area contributed by atoms with Gasteiger partial charge in [0.2, 0.25) is 0 Å². The van der Waals surface area contributed by atoms with Crippen LogP contribution in [0.2, 0.25) is 0 Å². The van der Waals surface area contributed by atoms with Gasteiger partial charge in [0.25, 0.3) is 0 Å². The molecular formula is C11H10N2O2S. The highest BCUT2D eigenvalue weighted by molar-refractivity contribution is 7.13. The maximum atomic E-state index is 11.3. The molecule has 0 unspecified atom stereocenters. The van der Waals surface area contributed by atoms with Crippen molar-refractivity contribution >= 4 is 17.3 Å². The lowest BCUT2D eigenvalue weighted by atomic mass is 10.2. The minimum absolute atomic E-state index is 0.321. The third kappa shape index (κ3) is 2.25. The minimum Gasteiger partial charge on any atom is -0.461 e. The molecule has 2 aromatic heterocycles. The molecule has 0 aliphatic carbocycles. The van der Waals surface area contributed by atoms with E-state index in [0.29, 0.717) is 12.3 Å². The van der Waals surface area contributed by atoms with Gasteiger partial charge in [0.05, 0.1) is 6.61 Å². The Morgan fingerprint density at radius 3 is 2.88 bits per heavy atom. The number of esters is 1. The molecule has 4 nitrogen and oxygen atoms in total. The Balaban J connectivity index is 2.20. The van der Waals surface area contributed by atoms with Crippen LogP contribution >= 0.6 is 11.3 Å². The van der Waals surface area contributed by atoms with Crippen LogP contribution in [-0.4, -0.2) is 22.5 Å². The van der Waals surface area contributed by atoms with Gasteiger partial charge in [0, 0.05) is 23.3 Å². The lowest BCUT2D eigenvalue weighted by Crippen LogP contribution is -2.06. The van der Waals surface area contributed by atoms with Crippen LogP contribution in [0.15, 0.2) is 29.9 Å². The van der Waals surface area contributed by atoms with Gasteiger partial charge in [-0.05, 0) is 19.1 Å². The highest BCUT2D eigenvalue weighted by Gasteiger charge is 2.08. The molecule has 2 heterocycles. The number of carbonyl (C=O) groups excluding carboxylic acids is 1. The Labute approximate surface area is 96.9 Å². The summed E-state index contributed by atoms with van der Waals surface area (Å²) < 4.78 is 4.84. The first-order valence-electron chi connectivity index (χ1n) is 4.84. The summed E-state index contributed by atoms with van der Waals surface area (Å²) in [5.41, 5.74) is 1.23. The van der Waals surface area contributed by atoms with Gasteiger partial charge in [0.1, 0.15) is 10.7 Å². The quantitative estimate of drug-likeness (QED) is 0.765. The van der Waals surface area contributed by atoms with Crippen molar-refractivity contribution in [1.29, 1.82) is 0 Å².